The number of hydrogen-bond donors (Lipinski definition) is 1. The van der Waals surface area contributed by atoms with E-state index in [1.807, 2.05) is 23.9 Å². The van der Waals surface area contributed by atoms with E-state index in [-0.39, 0.29) is 0 Å². The van der Waals surface area contributed by atoms with Gasteiger partial charge in [-0.15, -0.1) is 11.8 Å². The molecule has 1 N–H and O–H groups in total. The Kier molecular flexibility index (Phi) is 4.50. The van der Waals surface area contributed by atoms with Gasteiger partial charge in [-0.1, -0.05) is 23.4 Å². The molecule has 92 valence electrons. The molecule has 2 rings (SSSR count). The molecule has 2 aromatic carbocycles. The molecule has 2 aromatic rings. The highest BCUT2D eigenvalue weighted by Crippen LogP contribution is 2.20. The number of rotatable bonds is 4. The summed E-state index contributed by atoms with van der Waals surface area (Å²) >= 11 is 1.84. The number of hydrogen-bond acceptors (Lipinski definition) is 2. The third-order valence-electron chi connectivity index (χ3n) is 2.94. The van der Waals surface area contributed by atoms with E-state index in [0.717, 1.165) is 14.9 Å². The minimum atomic E-state index is 0.330. The van der Waals surface area contributed by atoms with Gasteiger partial charge in [0.1, 0.15) is 5.75 Å². The Labute approximate surface area is 115 Å². The van der Waals surface area contributed by atoms with Crippen molar-refractivity contribution >= 4 is 26.5 Å². The minimum absolute atomic E-state index is 0.330. The Bertz CT molecular complexity index is 523. The topological polar surface area (TPSA) is 20.2 Å². The van der Waals surface area contributed by atoms with Crippen LogP contribution in [0.4, 0.5) is 0 Å². The van der Waals surface area contributed by atoms with Gasteiger partial charge in [0.2, 0.25) is 0 Å². The summed E-state index contributed by atoms with van der Waals surface area (Å²) in [5.74, 6) is 0.330. The van der Waals surface area contributed by atoms with Crippen molar-refractivity contribution in [3.05, 3.63) is 53.6 Å². The fraction of sp³-hybridized carbons (Fsp3) is 0.200. The molecule has 0 bridgehead atoms. The van der Waals surface area contributed by atoms with Crippen LogP contribution < -0.4 is 5.19 Å². The van der Waals surface area contributed by atoms with E-state index in [1.54, 1.807) is 12.1 Å². The number of aryl methyl sites for hydroxylation is 1. The Morgan fingerprint density at radius 3 is 2.50 bits per heavy atom. The summed E-state index contributed by atoms with van der Waals surface area (Å²) in [5.41, 5.74) is 2.79. The molecule has 0 saturated heterocycles. The van der Waals surface area contributed by atoms with Crippen LogP contribution in [0.1, 0.15) is 11.1 Å². The van der Waals surface area contributed by atoms with Gasteiger partial charge in [0.05, 0.1) is 9.52 Å². The molecule has 0 unspecified atom stereocenters. The number of benzene rings is 2. The highest BCUT2D eigenvalue weighted by Gasteiger charge is 2.02. The lowest BCUT2D eigenvalue weighted by Gasteiger charge is -2.07. The van der Waals surface area contributed by atoms with Crippen molar-refractivity contribution in [1.82, 2.24) is 0 Å². The van der Waals surface area contributed by atoms with E-state index >= 15 is 0 Å². The van der Waals surface area contributed by atoms with Crippen LogP contribution in [0.3, 0.4) is 0 Å². The Morgan fingerprint density at radius 1 is 1.06 bits per heavy atom. The van der Waals surface area contributed by atoms with E-state index in [0.29, 0.717) is 5.75 Å². The molecule has 0 spiro atoms. The van der Waals surface area contributed by atoms with Crippen LogP contribution in [0.25, 0.3) is 0 Å². The van der Waals surface area contributed by atoms with E-state index in [9.17, 15) is 5.11 Å². The molecule has 0 atom stereocenters. The van der Waals surface area contributed by atoms with Gasteiger partial charge in [0.15, 0.2) is 0 Å². The van der Waals surface area contributed by atoms with Crippen molar-refractivity contribution in [2.45, 2.75) is 18.7 Å². The number of phenols is 1. The zero-order valence-corrected chi connectivity index (χ0v) is 12.4. The van der Waals surface area contributed by atoms with Gasteiger partial charge >= 0.3 is 0 Å². The summed E-state index contributed by atoms with van der Waals surface area (Å²) in [7, 11) is 0.823. The van der Waals surface area contributed by atoms with Crippen molar-refractivity contribution in [1.29, 1.82) is 0 Å². The minimum Gasteiger partial charge on any atom is -0.508 e. The largest absolute Gasteiger partial charge is 0.508 e. The second-order valence-corrected chi connectivity index (χ2v) is 7.01. The molecule has 2 radical (unpaired) electrons. The van der Waals surface area contributed by atoms with Crippen LogP contribution in [-0.4, -0.2) is 20.0 Å². The molecule has 18 heavy (non-hydrogen) atoms. The molecule has 0 amide bonds. The molecule has 0 aliphatic carbocycles. The lowest BCUT2D eigenvalue weighted by Crippen LogP contribution is -2.20. The quantitative estimate of drug-likeness (QED) is 0.682. The summed E-state index contributed by atoms with van der Waals surface area (Å²) < 4.78 is 0. The molecule has 1 nitrogen and oxygen atoms in total. The highest BCUT2D eigenvalue weighted by molar-refractivity contribution is 8.00. The van der Waals surface area contributed by atoms with Crippen LogP contribution in [0.15, 0.2) is 47.4 Å². The maximum atomic E-state index is 9.22. The van der Waals surface area contributed by atoms with Gasteiger partial charge in [0.25, 0.3) is 0 Å². The number of thioether (sulfide) groups is 1. The second-order valence-electron chi connectivity index (χ2n) is 4.21. The third kappa shape index (κ3) is 3.40. The monoisotopic (exact) mass is 272 g/mol. The normalized spacial score (nSPS) is 10.6. The average Bonchev–Trinajstić information content (AvgIpc) is 2.37. The fourth-order valence-corrected chi connectivity index (χ4v) is 4.26. The van der Waals surface area contributed by atoms with E-state index in [1.165, 1.54) is 21.2 Å². The molecular weight excluding hydrogens is 256 g/mol. The smallest absolute Gasteiger partial charge is 0.115 e. The van der Waals surface area contributed by atoms with Crippen LogP contribution in [-0.2, 0) is 0 Å². The van der Waals surface area contributed by atoms with Gasteiger partial charge in [-0.25, -0.2) is 0 Å². The third-order valence-corrected chi connectivity index (χ3v) is 5.63. The van der Waals surface area contributed by atoms with Gasteiger partial charge < -0.3 is 5.11 Å². The van der Waals surface area contributed by atoms with Crippen molar-refractivity contribution in [2.75, 3.05) is 5.38 Å². The van der Waals surface area contributed by atoms with Gasteiger partial charge in [-0.3, -0.25) is 0 Å². The fourth-order valence-electron chi connectivity index (χ4n) is 1.68. The summed E-state index contributed by atoms with van der Waals surface area (Å²) in [6.45, 7) is 4.36. The molecule has 0 saturated carbocycles. The number of aromatic hydroxyl groups is 1. The van der Waals surface area contributed by atoms with Crippen LogP contribution >= 0.6 is 11.8 Å². The van der Waals surface area contributed by atoms with Gasteiger partial charge in [-0.2, -0.15) is 0 Å². The highest BCUT2D eigenvalue weighted by atomic mass is 32.2. The predicted octanol–water partition coefficient (Wildman–Crippen LogP) is 3.09. The molecule has 0 aliphatic heterocycles. The van der Waals surface area contributed by atoms with E-state index < -0.39 is 0 Å². The van der Waals surface area contributed by atoms with Crippen molar-refractivity contribution < 1.29 is 5.11 Å². The number of phenolic OH excluding ortho intramolecular Hbond substituents is 1. The average molecular weight is 272 g/mol. The molecule has 0 fully saturated rings. The SMILES string of the molecule is Cc1cccc([Si]CSc2ccc(O)cc2)c1C. The van der Waals surface area contributed by atoms with E-state index in [2.05, 4.69) is 32.0 Å². The molecule has 0 heterocycles. The molecule has 0 aromatic heterocycles. The first-order chi connectivity index (χ1) is 8.66. The summed E-state index contributed by atoms with van der Waals surface area (Å²) in [6, 6.07) is 13.9. The van der Waals surface area contributed by atoms with Crippen molar-refractivity contribution in [3.8, 4) is 5.75 Å². The van der Waals surface area contributed by atoms with Gasteiger partial charge in [0, 0.05) is 4.90 Å². The predicted molar refractivity (Wildman–Crippen MR) is 80.1 cm³/mol. The first kappa shape index (κ1) is 13.2. The first-order valence-electron chi connectivity index (χ1n) is 5.89. The standard InChI is InChI=1S/C15H16OSSi/c1-11-4-3-5-15(12(11)2)18-10-17-14-8-6-13(16)7-9-14/h3-9,16H,10H2,1-2H3. The lowest BCUT2D eigenvalue weighted by molar-refractivity contribution is 0.475. The Morgan fingerprint density at radius 2 is 1.78 bits per heavy atom. The molecular formula is C15H16OSSi. The molecule has 3 heteroatoms. The lowest BCUT2D eigenvalue weighted by atomic mass is 10.1. The zero-order chi connectivity index (χ0) is 13.0. The van der Waals surface area contributed by atoms with E-state index in [4.69, 9.17) is 0 Å². The second kappa shape index (κ2) is 6.11. The van der Waals surface area contributed by atoms with Crippen molar-refractivity contribution in [2.24, 2.45) is 0 Å². The van der Waals surface area contributed by atoms with Crippen LogP contribution in [0, 0.1) is 13.8 Å². The van der Waals surface area contributed by atoms with Gasteiger partial charge in [-0.05, 0) is 54.6 Å². The maximum Gasteiger partial charge on any atom is 0.115 e. The molecule has 0 aliphatic rings. The summed E-state index contributed by atoms with van der Waals surface area (Å²) in [4.78, 5) is 1.21. The first-order valence-corrected chi connectivity index (χ1v) is 8.08. The summed E-state index contributed by atoms with van der Waals surface area (Å²) in [5, 5.41) is 11.8. The van der Waals surface area contributed by atoms with Crippen LogP contribution in [0.2, 0.25) is 0 Å². The van der Waals surface area contributed by atoms with Crippen LogP contribution in [0.5, 0.6) is 5.75 Å². The maximum absolute atomic E-state index is 9.22. The Hall–Kier alpha value is -1.19. The Balaban J connectivity index is 1.92. The zero-order valence-electron chi connectivity index (χ0n) is 10.6. The summed E-state index contributed by atoms with van der Waals surface area (Å²) in [6.07, 6.45) is 0. The van der Waals surface area contributed by atoms with Crippen molar-refractivity contribution in [3.63, 3.8) is 0 Å².